The lowest BCUT2D eigenvalue weighted by atomic mass is 10.4. The van der Waals surface area contributed by atoms with E-state index in [4.69, 9.17) is 20.7 Å². The number of ether oxygens (including phenoxy) is 1. The van der Waals surface area contributed by atoms with Crippen LogP contribution >= 0.6 is 0 Å². The van der Waals surface area contributed by atoms with E-state index in [1.54, 1.807) is 6.08 Å². The fourth-order valence-corrected chi connectivity index (χ4v) is 0.553. The monoisotopic (exact) mass is 213 g/mol. The zero-order valence-corrected chi connectivity index (χ0v) is 7.79. The largest absolute Gasteiger partial charge is 0.478 e. The Balaban J connectivity index is 0.000000262. The van der Waals surface area contributed by atoms with E-state index < -0.39 is 11.9 Å². The molecule has 6 heteroatoms. The molecule has 0 fully saturated rings. The molecule has 82 valence electrons. The molecule has 0 atom stereocenters. The van der Waals surface area contributed by atoms with Crippen molar-refractivity contribution in [1.29, 1.82) is 0 Å². The van der Waals surface area contributed by atoms with E-state index >= 15 is 0 Å². The van der Waals surface area contributed by atoms with Crippen LogP contribution in [0, 0.1) is 0 Å². The Labute approximate surface area is 86.0 Å². The Morgan fingerprint density at radius 1 is 1.33 bits per heavy atom. The molecule has 1 heterocycles. The molecule has 0 saturated heterocycles. The van der Waals surface area contributed by atoms with Gasteiger partial charge in [0.1, 0.15) is 6.61 Å². The van der Waals surface area contributed by atoms with Crippen LogP contribution in [0.15, 0.2) is 36.3 Å². The first-order chi connectivity index (χ1) is 7.02. The van der Waals surface area contributed by atoms with Crippen LogP contribution < -0.4 is 5.73 Å². The lowest BCUT2D eigenvalue weighted by molar-refractivity contribution is -0.134. The maximum absolute atomic E-state index is 9.55. The van der Waals surface area contributed by atoms with Crippen molar-refractivity contribution in [2.24, 2.45) is 5.73 Å². The van der Waals surface area contributed by atoms with Crippen LogP contribution in [-0.4, -0.2) is 28.8 Å². The first-order valence-corrected chi connectivity index (χ1v) is 3.91. The van der Waals surface area contributed by atoms with Gasteiger partial charge in [-0.25, -0.2) is 9.59 Å². The first kappa shape index (κ1) is 12.8. The number of hydrogen-bond acceptors (Lipinski definition) is 4. The van der Waals surface area contributed by atoms with Gasteiger partial charge in [-0.2, -0.15) is 0 Å². The fraction of sp³-hybridized carbons (Fsp3) is 0.111. The molecular formula is C9H11NO5. The van der Waals surface area contributed by atoms with E-state index in [0.29, 0.717) is 24.6 Å². The number of carboxylic acid groups (broad SMARTS) is 2. The van der Waals surface area contributed by atoms with Crippen LogP contribution in [-0.2, 0) is 14.3 Å². The average molecular weight is 213 g/mol. The second-order valence-electron chi connectivity index (χ2n) is 2.32. The van der Waals surface area contributed by atoms with Crippen LogP contribution in [0.4, 0.5) is 0 Å². The molecule has 15 heavy (non-hydrogen) atoms. The lowest BCUT2D eigenvalue weighted by Crippen LogP contribution is -2.04. The summed E-state index contributed by atoms with van der Waals surface area (Å²) in [5, 5.41) is 15.6. The summed E-state index contributed by atoms with van der Waals surface area (Å²) < 4.78 is 4.83. The summed E-state index contributed by atoms with van der Waals surface area (Å²) in [6.45, 7) is 0.613. The molecule has 0 unspecified atom stereocenters. The van der Waals surface area contributed by atoms with Gasteiger partial charge in [-0.15, -0.1) is 0 Å². The van der Waals surface area contributed by atoms with E-state index in [9.17, 15) is 9.59 Å². The highest BCUT2D eigenvalue weighted by Gasteiger charge is 1.88. The van der Waals surface area contributed by atoms with Crippen LogP contribution in [0.5, 0.6) is 0 Å². The van der Waals surface area contributed by atoms with E-state index in [1.807, 2.05) is 12.2 Å². The molecule has 0 aromatic heterocycles. The summed E-state index contributed by atoms with van der Waals surface area (Å²) in [4.78, 5) is 19.1. The van der Waals surface area contributed by atoms with Crippen LogP contribution in [0.1, 0.15) is 0 Å². The van der Waals surface area contributed by atoms with Crippen molar-refractivity contribution < 1.29 is 24.5 Å². The van der Waals surface area contributed by atoms with Gasteiger partial charge in [-0.05, 0) is 12.2 Å². The molecule has 4 N–H and O–H groups in total. The molecule has 0 bridgehead atoms. The minimum Gasteiger partial charge on any atom is -0.478 e. The third-order valence-electron chi connectivity index (χ3n) is 1.11. The maximum atomic E-state index is 9.55. The molecule has 0 amide bonds. The maximum Gasteiger partial charge on any atom is 0.328 e. The Bertz CT molecular complexity index is 300. The fourth-order valence-electron chi connectivity index (χ4n) is 0.553. The number of allylic oxidation sites excluding steroid dienone is 2. The zero-order valence-electron chi connectivity index (χ0n) is 7.79. The normalized spacial score (nSPS) is 13.5. The number of nitrogens with two attached hydrogens (primary N) is 1. The summed E-state index contributed by atoms with van der Waals surface area (Å²) in [5.41, 5.74) is 5.22. The quantitative estimate of drug-likeness (QED) is 0.560. The second kappa shape index (κ2) is 7.19. The highest BCUT2D eigenvalue weighted by Crippen LogP contribution is 1.94. The highest BCUT2D eigenvalue weighted by molar-refractivity contribution is 5.89. The molecule has 0 aromatic rings. The number of hydrogen-bond donors (Lipinski definition) is 3. The summed E-state index contributed by atoms with van der Waals surface area (Å²) in [6.07, 6.45) is 6.61. The van der Waals surface area contributed by atoms with Crippen molar-refractivity contribution >= 4 is 11.9 Å². The SMILES string of the molecule is NC1=CC=CCO1.O=C(O)/C=C\C(=O)O. The molecule has 0 spiro atoms. The van der Waals surface area contributed by atoms with Crippen molar-refractivity contribution in [2.75, 3.05) is 6.61 Å². The summed E-state index contributed by atoms with van der Waals surface area (Å²) in [5.74, 6) is -2.01. The van der Waals surface area contributed by atoms with Gasteiger partial charge in [0.05, 0.1) is 0 Å². The van der Waals surface area contributed by atoms with Gasteiger partial charge < -0.3 is 20.7 Å². The second-order valence-corrected chi connectivity index (χ2v) is 2.32. The predicted molar refractivity (Wildman–Crippen MR) is 51.8 cm³/mol. The molecule has 6 nitrogen and oxygen atoms in total. The minimum absolute atomic E-state index is 0.502. The van der Waals surface area contributed by atoms with Gasteiger partial charge in [0.25, 0.3) is 0 Å². The van der Waals surface area contributed by atoms with Crippen molar-refractivity contribution in [1.82, 2.24) is 0 Å². The van der Waals surface area contributed by atoms with Gasteiger partial charge in [-0.3, -0.25) is 0 Å². The lowest BCUT2D eigenvalue weighted by Gasteiger charge is -2.03. The molecule has 0 aromatic carbocycles. The van der Waals surface area contributed by atoms with E-state index in [-0.39, 0.29) is 0 Å². The summed E-state index contributed by atoms with van der Waals surface area (Å²) >= 11 is 0. The van der Waals surface area contributed by atoms with Gasteiger partial charge in [-0.1, -0.05) is 6.08 Å². The van der Waals surface area contributed by atoms with E-state index in [0.717, 1.165) is 0 Å². The predicted octanol–water partition coefficient (Wildman–Crippen LogP) is 0.0847. The van der Waals surface area contributed by atoms with Crippen LogP contribution in [0.25, 0.3) is 0 Å². The van der Waals surface area contributed by atoms with Gasteiger partial charge >= 0.3 is 11.9 Å². The first-order valence-electron chi connectivity index (χ1n) is 3.91. The molecule has 0 aliphatic carbocycles. The molecule has 1 rings (SSSR count). The number of aliphatic carboxylic acids is 2. The highest BCUT2D eigenvalue weighted by atomic mass is 16.5. The standard InChI is InChI=1S/C5H7NO.C4H4O4/c6-5-3-1-2-4-7-5;5-3(6)1-2-4(7)8/h1-3H,4,6H2;1-2H,(H,5,6)(H,7,8)/b;2-1-. The molecule has 0 saturated carbocycles. The zero-order chi connectivity index (χ0) is 11.7. The van der Waals surface area contributed by atoms with Crippen molar-refractivity contribution in [3.8, 4) is 0 Å². The average Bonchev–Trinajstić information content (AvgIpc) is 2.17. The Hall–Kier alpha value is -2.24. The van der Waals surface area contributed by atoms with Crippen LogP contribution in [0.3, 0.4) is 0 Å². The molecule has 0 radical (unpaired) electrons. The van der Waals surface area contributed by atoms with Gasteiger partial charge in [0.2, 0.25) is 0 Å². The van der Waals surface area contributed by atoms with Gasteiger partial charge in [0, 0.05) is 12.2 Å². The molecular weight excluding hydrogens is 202 g/mol. The van der Waals surface area contributed by atoms with Crippen molar-refractivity contribution in [2.45, 2.75) is 0 Å². The van der Waals surface area contributed by atoms with E-state index in [2.05, 4.69) is 0 Å². The number of carboxylic acids is 2. The Morgan fingerprint density at radius 3 is 2.07 bits per heavy atom. The number of carbonyl (C=O) groups is 2. The third kappa shape index (κ3) is 9.68. The molecule has 1 aliphatic rings. The minimum atomic E-state index is -1.26. The number of rotatable bonds is 2. The van der Waals surface area contributed by atoms with Crippen molar-refractivity contribution in [3.05, 3.63) is 36.3 Å². The summed E-state index contributed by atoms with van der Waals surface area (Å²) in [6, 6.07) is 0. The van der Waals surface area contributed by atoms with Crippen LogP contribution in [0.2, 0.25) is 0 Å². The van der Waals surface area contributed by atoms with Crippen molar-refractivity contribution in [3.63, 3.8) is 0 Å². The summed E-state index contributed by atoms with van der Waals surface area (Å²) in [7, 11) is 0. The Kier molecular flexibility index (Phi) is 6.12. The Morgan fingerprint density at radius 2 is 1.87 bits per heavy atom. The third-order valence-corrected chi connectivity index (χ3v) is 1.11. The van der Waals surface area contributed by atoms with E-state index in [1.165, 1.54) is 0 Å². The topological polar surface area (TPSA) is 110 Å². The smallest absolute Gasteiger partial charge is 0.328 e. The van der Waals surface area contributed by atoms with Gasteiger partial charge in [0.15, 0.2) is 5.88 Å². The molecule has 1 aliphatic heterocycles.